The van der Waals surface area contributed by atoms with E-state index in [1.54, 1.807) is 19.3 Å². The molecule has 0 saturated heterocycles. The van der Waals surface area contributed by atoms with Gasteiger partial charge in [-0.2, -0.15) is 0 Å². The molecule has 1 heterocycles. The Morgan fingerprint density at radius 3 is 2.94 bits per heavy atom. The van der Waals surface area contributed by atoms with E-state index in [0.717, 1.165) is 16.6 Å². The van der Waals surface area contributed by atoms with Gasteiger partial charge in [0.15, 0.2) is 0 Å². The second kappa shape index (κ2) is 4.18. The number of fused-ring (bicyclic) bond motifs is 1. The smallest absolute Gasteiger partial charge is 0.339 e. The first kappa shape index (κ1) is 10.4. The molecule has 4 nitrogen and oxygen atoms in total. The van der Waals surface area contributed by atoms with Gasteiger partial charge in [0, 0.05) is 18.6 Å². The van der Waals surface area contributed by atoms with Gasteiger partial charge in [-0.05, 0) is 18.2 Å². The highest BCUT2D eigenvalue weighted by atomic mass is 16.5. The molecule has 0 aliphatic carbocycles. The van der Waals surface area contributed by atoms with Crippen LogP contribution in [0, 0.1) is 0 Å². The summed E-state index contributed by atoms with van der Waals surface area (Å²) in [6.07, 6.45) is 1.72. The SMILES string of the molecule is CNc1cc2ncccc2cc1C(=O)OC. The zero-order valence-electron chi connectivity index (χ0n) is 9.15. The zero-order chi connectivity index (χ0) is 11.5. The number of carbonyl (C=O) groups is 1. The van der Waals surface area contributed by atoms with Crippen LogP contribution in [-0.4, -0.2) is 25.1 Å². The molecule has 4 heteroatoms. The lowest BCUT2D eigenvalue weighted by molar-refractivity contribution is 0.0602. The van der Waals surface area contributed by atoms with Gasteiger partial charge in [0.2, 0.25) is 0 Å². The van der Waals surface area contributed by atoms with Crippen LogP contribution in [0.4, 0.5) is 5.69 Å². The van der Waals surface area contributed by atoms with Crippen molar-refractivity contribution in [2.75, 3.05) is 19.5 Å². The third-order valence-corrected chi connectivity index (χ3v) is 2.42. The molecule has 0 atom stereocenters. The van der Waals surface area contributed by atoms with E-state index in [4.69, 9.17) is 4.74 Å². The Hall–Kier alpha value is -2.10. The number of hydrogen-bond donors (Lipinski definition) is 1. The number of aromatic nitrogens is 1. The van der Waals surface area contributed by atoms with Crippen LogP contribution >= 0.6 is 0 Å². The summed E-state index contributed by atoms with van der Waals surface area (Å²) in [5.41, 5.74) is 2.09. The van der Waals surface area contributed by atoms with Gasteiger partial charge in [-0.1, -0.05) is 6.07 Å². The van der Waals surface area contributed by atoms with Gasteiger partial charge >= 0.3 is 5.97 Å². The molecule has 0 amide bonds. The first-order valence-corrected chi connectivity index (χ1v) is 4.91. The molecule has 2 rings (SSSR count). The summed E-state index contributed by atoms with van der Waals surface area (Å²) in [7, 11) is 3.13. The highest BCUT2D eigenvalue weighted by Crippen LogP contribution is 2.22. The molecule has 0 unspecified atom stereocenters. The third kappa shape index (κ3) is 1.69. The standard InChI is InChI=1S/C12H12N2O2/c1-13-11-7-10-8(4-3-5-14-10)6-9(11)12(15)16-2/h3-7,13H,1-2H3. The fourth-order valence-electron chi connectivity index (χ4n) is 1.61. The number of rotatable bonds is 2. The number of anilines is 1. The summed E-state index contributed by atoms with van der Waals surface area (Å²) >= 11 is 0. The number of hydrogen-bond acceptors (Lipinski definition) is 4. The minimum absolute atomic E-state index is 0.352. The van der Waals surface area contributed by atoms with Gasteiger partial charge in [-0.25, -0.2) is 4.79 Å². The quantitative estimate of drug-likeness (QED) is 0.781. The number of carbonyl (C=O) groups excluding carboxylic acids is 1. The second-order valence-corrected chi connectivity index (χ2v) is 3.34. The molecule has 2 aromatic rings. The Bertz CT molecular complexity index is 538. The fourth-order valence-corrected chi connectivity index (χ4v) is 1.61. The molecule has 0 fully saturated rings. The maximum atomic E-state index is 11.6. The van der Waals surface area contributed by atoms with Crippen molar-refractivity contribution in [3.05, 3.63) is 36.0 Å². The normalized spacial score (nSPS) is 10.1. The van der Waals surface area contributed by atoms with Gasteiger partial charge in [-0.15, -0.1) is 0 Å². The average Bonchev–Trinajstić information content (AvgIpc) is 2.36. The topological polar surface area (TPSA) is 51.2 Å². The monoisotopic (exact) mass is 216 g/mol. The van der Waals surface area contributed by atoms with Crippen molar-refractivity contribution in [2.45, 2.75) is 0 Å². The molecular formula is C12H12N2O2. The molecule has 0 spiro atoms. The number of esters is 1. The summed E-state index contributed by atoms with van der Waals surface area (Å²) in [5.74, 6) is -0.352. The Morgan fingerprint density at radius 1 is 1.44 bits per heavy atom. The highest BCUT2D eigenvalue weighted by Gasteiger charge is 2.12. The van der Waals surface area contributed by atoms with Crippen LogP contribution in [0.15, 0.2) is 30.5 Å². The van der Waals surface area contributed by atoms with Crippen LogP contribution in [0.2, 0.25) is 0 Å². The molecule has 1 N–H and O–H groups in total. The molecular weight excluding hydrogens is 204 g/mol. The maximum Gasteiger partial charge on any atom is 0.339 e. The van der Waals surface area contributed by atoms with E-state index >= 15 is 0 Å². The summed E-state index contributed by atoms with van der Waals surface area (Å²) in [5, 5.41) is 3.88. The van der Waals surface area contributed by atoms with E-state index < -0.39 is 0 Å². The fraction of sp³-hybridized carbons (Fsp3) is 0.167. The number of methoxy groups -OCH3 is 1. The Labute approximate surface area is 93.3 Å². The molecule has 0 bridgehead atoms. The van der Waals surface area contributed by atoms with E-state index in [-0.39, 0.29) is 5.97 Å². The predicted octanol–water partition coefficient (Wildman–Crippen LogP) is 2.06. The van der Waals surface area contributed by atoms with Crippen molar-refractivity contribution in [3.8, 4) is 0 Å². The molecule has 82 valence electrons. The van der Waals surface area contributed by atoms with E-state index in [9.17, 15) is 4.79 Å². The van der Waals surface area contributed by atoms with Crippen molar-refractivity contribution in [2.24, 2.45) is 0 Å². The Morgan fingerprint density at radius 2 is 2.25 bits per heavy atom. The van der Waals surface area contributed by atoms with Crippen molar-refractivity contribution < 1.29 is 9.53 Å². The Kier molecular flexibility index (Phi) is 2.72. The lowest BCUT2D eigenvalue weighted by Crippen LogP contribution is -2.05. The molecule has 16 heavy (non-hydrogen) atoms. The van der Waals surface area contributed by atoms with Gasteiger partial charge in [0.1, 0.15) is 0 Å². The largest absolute Gasteiger partial charge is 0.465 e. The van der Waals surface area contributed by atoms with Crippen molar-refractivity contribution >= 4 is 22.6 Å². The van der Waals surface area contributed by atoms with Crippen molar-refractivity contribution in [3.63, 3.8) is 0 Å². The first-order valence-electron chi connectivity index (χ1n) is 4.91. The molecule has 1 aromatic carbocycles. The summed E-state index contributed by atoms with van der Waals surface area (Å²) in [4.78, 5) is 15.8. The molecule has 0 radical (unpaired) electrons. The van der Waals surface area contributed by atoms with Crippen LogP contribution in [0.1, 0.15) is 10.4 Å². The van der Waals surface area contributed by atoms with Crippen LogP contribution in [0.25, 0.3) is 10.9 Å². The van der Waals surface area contributed by atoms with Gasteiger partial charge in [0.05, 0.1) is 23.9 Å². The number of ether oxygens (including phenoxy) is 1. The lowest BCUT2D eigenvalue weighted by atomic mass is 10.1. The van der Waals surface area contributed by atoms with E-state index in [1.807, 2.05) is 18.2 Å². The highest BCUT2D eigenvalue weighted by molar-refractivity contribution is 6.00. The van der Waals surface area contributed by atoms with Gasteiger partial charge in [-0.3, -0.25) is 4.98 Å². The minimum Gasteiger partial charge on any atom is -0.465 e. The van der Waals surface area contributed by atoms with Crippen LogP contribution in [-0.2, 0) is 4.74 Å². The predicted molar refractivity (Wildman–Crippen MR) is 62.6 cm³/mol. The molecule has 0 saturated carbocycles. The average molecular weight is 216 g/mol. The summed E-state index contributed by atoms with van der Waals surface area (Å²) < 4.78 is 4.73. The number of benzene rings is 1. The second-order valence-electron chi connectivity index (χ2n) is 3.34. The maximum absolute atomic E-state index is 11.6. The number of pyridine rings is 1. The van der Waals surface area contributed by atoms with Crippen molar-refractivity contribution in [1.29, 1.82) is 0 Å². The lowest BCUT2D eigenvalue weighted by Gasteiger charge is -2.08. The molecule has 0 aliphatic heterocycles. The Balaban J connectivity index is 2.67. The van der Waals surface area contributed by atoms with E-state index in [1.165, 1.54) is 7.11 Å². The van der Waals surface area contributed by atoms with Crippen LogP contribution in [0.3, 0.4) is 0 Å². The third-order valence-electron chi connectivity index (χ3n) is 2.42. The molecule has 1 aromatic heterocycles. The van der Waals surface area contributed by atoms with Crippen LogP contribution < -0.4 is 5.32 Å². The zero-order valence-corrected chi connectivity index (χ0v) is 9.15. The van der Waals surface area contributed by atoms with E-state index in [2.05, 4.69) is 10.3 Å². The van der Waals surface area contributed by atoms with Gasteiger partial charge in [0.25, 0.3) is 0 Å². The summed E-state index contributed by atoms with van der Waals surface area (Å²) in [6.45, 7) is 0. The van der Waals surface area contributed by atoms with Gasteiger partial charge < -0.3 is 10.1 Å². The number of nitrogens with zero attached hydrogens (tertiary/aromatic N) is 1. The van der Waals surface area contributed by atoms with Crippen LogP contribution in [0.5, 0.6) is 0 Å². The van der Waals surface area contributed by atoms with Crippen molar-refractivity contribution in [1.82, 2.24) is 4.98 Å². The molecule has 0 aliphatic rings. The van der Waals surface area contributed by atoms with E-state index in [0.29, 0.717) is 5.56 Å². The minimum atomic E-state index is -0.352. The first-order chi connectivity index (χ1) is 7.76. The number of nitrogens with one attached hydrogen (secondary N) is 1. The summed E-state index contributed by atoms with van der Waals surface area (Å²) in [6, 6.07) is 7.36.